The van der Waals surface area contributed by atoms with Gasteiger partial charge < -0.3 is 19.3 Å². The van der Waals surface area contributed by atoms with Crippen LogP contribution in [0.4, 0.5) is 26.3 Å². The van der Waals surface area contributed by atoms with Crippen LogP contribution >= 0.6 is 0 Å². The molecule has 0 saturated heterocycles. The van der Waals surface area contributed by atoms with Crippen LogP contribution in [0.15, 0.2) is 12.2 Å². The topological polar surface area (TPSA) is 65.0 Å². The van der Waals surface area contributed by atoms with E-state index in [1.165, 1.54) is 0 Å². The fourth-order valence-electron chi connectivity index (χ4n) is 8.43. The first kappa shape index (κ1) is 27.2. The lowest BCUT2D eigenvalue weighted by atomic mass is 9.80. The monoisotopic (exact) mass is 540 g/mol. The molecule has 6 aliphatic rings. The fraction of sp³-hybridized carbons (Fsp3) is 0.885. The molecule has 0 amide bonds. The summed E-state index contributed by atoms with van der Waals surface area (Å²) >= 11 is 0. The maximum atomic E-state index is 13.3. The number of rotatable bonds is 8. The van der Waals surface area contributed by atoms with E-state index in [0.717, 1.165) is 25.7 Å². The van der Waals surface area contributed by atoms with Gasteiger partial charge in [-0.3, -0.25) is 0 Å². The number of carbonyl (C=O) groups excluding carboxylic acids is 1. The molecule has 11 heteroatoms. The van der Waals surface area contributed by atoms with Gasteiger partial charge in [-0.2, -0.15) is 26.3 Å². The molecule has 1 N–H and O–H groups in total. The highest BCUT2D eigenvalue weighted by Crippen LogP contribution is 2.70. The number of hydrogen-bond acceptors (Lipinski definition) is 5. The summed E-state index contributed by atoms with van der Waals surface area (Å²) < 4.78 is 98.1. The van der Waals surface area contributed by atoms with E-state index in [1.807, 2.05) is 0 Å². The third-order valence-corrected chi connectivity index (χ3v) is 9.87. The molecule has 7 atom stereocenters. The quantitative estimate of drug-likeness (QED) is 0.181. The van der Waals surface area contributed by atoms with E-state index in [2.05, 4.69) is 6.58 Å². The van der Waals surface area contributed by atoms with Crippen LogP contribution in [0.2, 0.25) is 0 Å². The molecule has 6 aliphatic carbocycles. The molecule has 7 unspecified atom stereocenters. The smallest absolute Gasteiger partial charge is 0.426 e. The Bertz CT molecular complexity index is 917. The van der Waals surface area contributed by atoms with Crippen LogP contribution in [-0.4, -0.2) is 52.6 Å². The van der Waals surface area contributed by atoms with Gasteiger partial charge in [0.1, 0.15) is 11.2 Å². The normalized spacial score (nSPS) is 41.4. The second-order valence-electron chi connectivity index (χ2n) is 12.3. The molecule has 6 saturated carbocycles. The molecular weight excluding hydrogens is 506 g/mol. The van der Waals surface area contributed by atoms with Gasteiger partial charge in [-0.15, -0.1) is 0 Å². The maximum absolute atomic E-state index is 13.3. The van der Waals surface area contributed by atoms with E-state index in [0.29, 0.717) is 36.7 Å². The Morgan fingerprint density at radius 2 is 1.51 bits per heavy atom. The molecular formula is C26H34F6O5. The van der Waals surface area contributed by atoms with Crippen molar-refractivity contribution in [1.82, 2.24) is 0 Å². The van der Waals surface area contributed by atoms with Crippen LogP contribution in [0.1, 0.15) is 71.6 Å². The van der Waals surface area contributed by atoms with Crippen LogP contribution in [-0.2, 0) is 19.0 Å². The van der Waals surface area contributed by atoms with Gasteiger partial charge in [-0.1, -0.05) is 6.58 Å². The van der Waals surface area contributed by atoms with Crippen molar-refractivity contribution in [2.45, 2.75) is 113 Å². The minimum absolute atomic E-state index is 0.0668. The number of halogens is 6. The maximum Gasteiger partial charge on any atom is 0.426 e. The number of carbonyl (C=O) groups is 1. The Hall–Kier alpha value is -1.33. The van der Waals surface area contributed by atoms with Gasteiger partial charge in [0.15, 0.2) is 6.29 Å². The van der Waals surface area contributed by atoms with Crippen molar-refractivity contribution in [3.05, 3.63) is 12.2 Å². The average molecular weight is 541 g/mol. The molecule has 5 nitrogen and oxygen atoms in total. The summed E-state index contributed by atoms with van der Waals surface area (Å²) in [5.74, 6) is -0.984. The van der Waals surface area contributed by atoms with E-state index in [4.69, 9.17) is 14.2 Å². The lowest BCUT2D eigenvalue weighted by Crippen LogP contribution is -2.58. The van der Waals surface area contributed by atoms with Crippen LogP contribution in [0.5, 0.6) is 0 Å². The van der Waals surface area contributed by atoms with Gasteiger partial charge in [-0.05, 0) is 101 Å². The molecule has 0 aliphatic heterocycles. The first-order valence-electron chi connectivity index (χ1n) is 13.1. The predicted molar refractivity (Wildman–Crippen MR) is 118 cm³/mol. The Labute approximate surface area is 211 Å². The number of hydrogen-bond donors (Lipinski definition) is 1. The highest BCUT2D eigenvalue weighted by atomic mass is 19.4. The number of alkyl halides is 6. The van der Waals surface area contributed by atoms with Crippen molar-refractivity contribution < 1.29 is 50.5 Å². The summed E-state index contributed by atoms with van der Waals surface area (Å²) in [6.07, 6.45) is -9.48. The second kappa shape index (κ2) is 8.58. The van der Waals surface area contributed by atoms with Crippen molar-refractivity contribution in [3.63, 3.8) is 0 Å². The van der Waals surface area contributed by atoms with Crippen LogP contribution < -0.4 is 0 Å². The highest BCUT2D eigenvalue weighted by Gasteiger charge is 2.75. The third-order valence-electron chi connectivity index (χ3n) is 9.87. The predicted octanol–water partition coefficient (Wildman–Crippen LogP) is 5.85. The van der Waals surface area contributed by atoms with E-state index in [-0.39, 0.29) is 18.4 Å². The molecule has 6 rings (SSSR count). The van der Waals surface area contributed by atoms with Gasteiger partial charge in [-0.25, -0.2) is 4.79 Å². The molecule has 210 valence electrons. The summed E-state index contributed by atoms with van der Waals surface area (Å²) in [4.78, 5) is 12.4. The SMILES string of the molecule is C=C(C)C(=O)OC12CC3CC1(OC(C)OC1CC4CC(C1)C(CC(O)(C(F)(F)F)C(F)(F)F)C4)CC3C2. The summed E-state index contributed by atoms with van der Waals surface area (Å²) in [5, 5.41) is 9.70. The standard InChI is InChI=1S/C26H34F6O5/c1-13(2)21(33)37-23-10-18-8-22(23,9-19(18)11-23)36-14(3)35-20-6-15-4-16(7-20)17(5-15)12-24(34,25(27,28)29)26(30,31)32/h14-20,34H,1,4-12H2,2-3H3. The Balaban J connectivity index is 1.22. The summed E-state index contributed by atoms with van der Waals surface area (Å²) in [7, 11) is 0. The lowest BCUT2D eigenvalue weighted by Gasteiger charge is -2.42. The average Bonchev–Trinajstić information content (AvgIpc) is 3.46. The van der Waals surface area contributed by atoms with Crippen molar-refractivity contribution in [2.24, 2.45) is 29.6 Å². The molecule has 0 spiro atoms. The van der Waals surface area contributed by atoms with Gasteiger partial charge in [0.2, 0.25) is 0 Å². The number of fused-ring (bicyclic) bond motifs is 2. The molecule has 37 heavy (non-hydrogen) atoms. The second-order valence-corrected chi connectivity index (χ2v) is 12.3. The highest BCUT2D eigenvalue weighted by molar-refractivity contribution is 5.87. The summed E-state index contributed by atoms with van der Waals surface area (Å²) in [5.41, 5.74) is -5.77. The van der Waals surface area contributed by atoms with Gasteiger partial charge in [0.05, 0.1) is 6.10 Å². The third kappa shape index (κ3) is 4.31. The van der Waals surface area contributed by atoms with Crippen LogP contribution in [0.3, 0.4) is 0 Å². The molecule has 0 aromatic heterocycles. The summed E-state index contributed by atoms with van der Waals surface area (Å²) in [6.45, 7) is 7.01. The first-order chi connectivity index (χ1) is 17.0. The lowest BCUT2D eigenvalue weighted by molar-refractivity contribution is -0.373. The molecule has 6 fully saturated rings. The van der Waals surface area contributed by atoms with Crippen molar-refractivity contribution in [3.8, 4) is 0 Å². The Kier molecular flexibility index (Phi) is 6.32. The van der Waals surface area contributed by atoms with Crippen LogP contribution in [0, 0.1) is 29.6 Å². The number of ether oxygens (including phenoxy) is 3. The first-order valence-corrected chi connectivity index (χ1v) is 13.1. The Morgan fingerprint density at radius 1 is 0.946 bits per heavy atom. The minimum Gasteiger partial charge on any atom is -0.453 e. The fourth-order valence-corrected chi connectivity index (χ4v) is 8.43. The van der Waals surface area contributed by atoms with E-state index in [9.17, 15) is 36.2 Å². The number of esters is 1. The molecule has 0 radical (unpaired) electrons. The number of aliphatic hydroxyl groups is 1. The van der Waals surface area contributed by atoms with Gasteiger partial charge in [0, 0.05) is 5.57 Å². The summed E-state index contributed by atoms with van der Waals surface area (Å²) in [6, 6.07) is 0. The Morgan fingerprint density at radius 3 is 2.05 bits per heavy atom. The molecule has 0 heterocycles. The van der Waals surface area contributed by atoms with Gasteiger partial charge >= 0.3 is 18.3 Å². The van der Waals surface area contributed by atoms with E-state index < -0.39 is 59.7 Å². The van der Waals surface area contributed by atoms with Gasteiger partial charge in [0.25, 0.3) is 5.60 Å². The van der Waals surface area contributed by atoms with Crippen molar-refractivity contribution >= 4 is 5.97 Å². The van der Waals surface area contributed by atoms with E-state index >= 15 is 0 Å². The molecule has 0 aromatic rings. The zero-order chi connectivity index (χ0) is 27.2. The largest absolute Gasteiger partial charge is 0.453 e. The van der Waals surface area contributed by atoms with Crippen molar-refractivity contribution in [1.29, 1.82) is 0 Å². The van der Waals surface area contributed by atoms with Crippen molar-refractivity contribution in [2.75, 3.05) is 0 Å². The zero-order valence-electron chi connectivity index (χ0n) is 21.0. The molecule has 6 bridgehead atoms. The molecule has 0 aromatic carbocycles. The zero-order valence-corrected chi connectivity index (χ0v) is 21.0. The van der Waals surface area contributed by atoms with E-state index in [1.54, 1.807) is 13.8 Å². The minimum atomic E-state index is -5.80. The van der Waals surface area contributed by atoms with Crippen LogP contribution in [0.25, 0.3) is 0 Å².